The third-order valence-electron chi connectivity index (χ3n) is 2.54. The summed E-state index contributed by atoms with van der Waals surface area (Å²) in [5, 5.41) is 9.42. The fraction of sp³-hybridized carbons (Fsp3) is 0.545. The quantitative estimate of drug-likeness (QED) is 0.807. The number of nitrogens with zero attached hydrogens (tertiary/aromatic N) is 3. The van der Waals surface area contributed by atoms with Crippen molar-refractivity contribution in [3.63, 3.8) is 0 Å². The van der Waals surface area contributed by atoms with Crippen molar-refractivity contribution in [1.29, 1.82) is 0 Å². The Hall–Kier alpha value is -1.56. The topological polar surface area (TPSA) is 75.1 Å². The van der Waals surface area contributed by atoms with E-state index in [1.54, 1.807) is 6.07 Å². The SMILES string of the molecule is CC(C)CC(Cl)CNc1cc2n[nH]c(=O)n2cn1. The van der Waals surface area contributed by atoms with Crippen LogP contribution in [0.2, 0.25) is 0 Å². The van der Waals surface area contributed by atoms with Crippen molar-refractivity contribution in [3.05, 3.63) is 22.9 Å². The van der Waals surface area contributed by atoms with Gasteiger partial charge < -0.3 is 5.32 Å². The predicted molar refractivity (Wildman–Crippen MR) is 71.2 cm³/mol. The molecular formula is C11H16ClN5O. The van der Waals surface area contributed by atoms with Gasteiger partial charge in [0, 0.05) is 12.6 Å². The van der Waals surface area contributed by atoms with Crippen LogP contribution in [0.5, 0.6) is 0 Å². The lowest BCUT2D eigenvalue weighted by Crippen LogP contribution is -2.17. The van der Waals surface area contributed by atoms with Gasteiger partial charge in [0.05, 0.1) is 5.38 Å². The number of alkyl halides is 1. The van der Waals surface area contributed by atoms with E-state index in [-0.39, 0.29) is 11.1 Å². The standard InChI is InChI=1S/C11H16ClN5O/c1-7(2)3-8(12)5-13-9-4-10-15-16-11(18)17(10)6-14-9/h4,6-8,13H,3,5H2,1-2H3,(H,16,18). The molecule has 2 rings (SSSR count). The summed E-state index contributed by atoms with van der Waals surface area (Å²) < 4.78 is 1.34. The van der Waals surface area contributed by atoms with Gasteiger partial charge in [-0.1, -0.05) is 13.8 Å². The highest BCUT2D eigenvalue weighted by Gasteiger charge is 2.08. The molecule has 0 aliphatic rings. The van der Waals surface area contributed by atoms with Crippen LogP contribution in [0.1, 0.15) is 20.3 Å². The minimum atomic E-state index is -0.293. The minimum absolute atomic E-state index is 0.0596. The molecular weight excluding hydrogens is 254 g/mol. The summed E-state index contributed by atoms with van der Waals surface area (Å²) in [6.07, 6.45) is 2.38. The van der Waals surface area contributed by atoms with Gasteiger partial charge in [-0.15, -0.1) is 11.6 Å². The Morgan fingerprint density at radius 1 is 1.56 bits per heavy atom. The number of anilines is 1. The van der Waals surface area contributed by atoms with Gasteiger partial charge in [0.1, 0.15) is 12.1 Å². The van der Waals surface area contributed by atoms with Crippen molar-refractivity contribution in [2.45, 2.75) is 25.6 Å². The molecule has 98 valence electrons. The number of hydrogen-bond acceptors (Lipinski definition) is 4. The maximum Gasteiger partial charge on any atom is 0.348 e. The summed E-state index contributed by atoms with van der Waals surface area (Å²) in [7, 11) is 0. The molecule has 0 aromatic carbocycles. The van der Waals surface area contributed by atoms with Crippen LogP contribution in [-0.2, 0) is 0 Å². The zero-order valence-corrected chi connectivity index (χ0v) is 11.1. The van der Waals surface area contributed by atoms with Crippen LogP contribution in [0.15, 0.2) is 17.2 Å². The molecule has 0 aliphatic heterocycles. The molecule has 7 heteroatoms. The maximum absolute atomic E-state index is 11.2. The molecule has 18 heavy (non-hydrogen) atoms. The number of hydrogen-bond donors (Lipinski definition) is 2. The molecule has 0 saturated heterocycles. The van der Waals surface area contributed by atoms with Gasteiger partial charge in [-0.2, -0.15) is 5.10 Å². The molecule has 0 amide bonds. The third kappa shape index (κ3) is 3.01. The van der Waals surface area contributed by atoms with E-state index in [1.165, 1.54) is 10.7 Å². The van der Waals surface area contributed by atoms with Crippen LogP contribution in [0.3, 0.4) is 0 Å². The molecule has 2 aromatic rings. The van der Waals surface area contributed by atoms with Crippen molar-refractivity contribution in [2.75, 3.05) is 11.9 Å². The molecule has 1 atom stereocenters. The molecule has 6 nitrogen and oxygen atoms in total. The molecule has 2 aromatic heterocycles. The predicted octanol–water partition coefficient (Wildman–Crippen LogP) is 1.48. The largest absolute Gasteiger partial charge is 0.368 e. The molecule has 0 bridgehead atoms. The van der Waals surface area contributed by atoms with Crippen molar-refractivity contribution >= 4 is 23.1 Å². The Morgan fingerprint density at radius 3 is 3.06 bits per heavy atom. The first-order valence-electron chi connectivity index (χ1n) is 5.87. The van der Waals surface area contributed by atoms with E-state index in [1.807, 2.05) is 0 Å². The summed E-state index contributed by atoms with van der Waals surface area (Å²) in [6, 6.07) is 1.71. The third-order valence-corrected chi connectivity index (χ3v) is 2.87. The smallest absolute Gasteiger partial charge is 0.348 e. The Balaban J connectivity index is 2.01. The summed E-state index contributed by atoms with van der Waals surface area (Å²) in [6.45, 7) is 4.91. The number of rotatable bonds is 5. The molecule has 0 spiro atoms. The summed E-state index contributed by atoms with van der Waals surface area (Å²) in [5.41, 5.74) is 0.242. The molecule has 0 aliphatic carbocycles. The Bertz CT molecular complexity index is 576. The van der Waals surface area contributed by atoms with Gasteiger partial charge in [0.25, 0.3) is 0 Å². The van der Waals surface area contributed by atoms with E-state index in [0.717, 1.165) is 6.42 Å². The number of aromatic nitrogens is 4. The van der Waals surface area contributed by atoms with E-state index in [4.69, 9.17) is 11.6 Å². The van der Waals surface area contributed by atoms with Crippen LogP contribution < -0.4 is 11.0 Å². The van der Waals surface area contributed by atoms with Gasteiger partial charge in [-0.25, -0.2) is 19.3 Å². The Labute approximate surface area is 109 Å². The molecule has 2 N–H and O–H groups in total. The van der Waals surface area contributed by atoms with Crippen LogP contribution >= 0.6 is 11.6 Å². The van der Waals surface area contributed by atoms with Crippen molar-refractivity contribution in [1.82, 2.24) is 19.6 Å². The van der Waals surface area contributed by atoms with Gasteiger partial charge in [-0.3, -0.25) is 0 Å². The van der Waals surface area contributed by atoms with Crippen LogP contribution in [0.25, 0.3) is 5.65 Å². The number of nitrogens with one attached hydrogen (secondary N) is 2. The minimum Gasteiger partial charge on any atom is -0.368 e. The first-order valence-corrected chi connectivity index (χ1v) is 6.30. The van der Waals surface area contributed by atoms with Crippen LogP contribution in [-0.4, -0.2) is 31.5 Å². The van der Waals surface area contributed by atoms with E-state index in [2.05, 4.69) is 34.3 Å². The zero-order valence-electron chi connectivity index (χ0n) is 10.4. The van der Waals surface area contributed by atoms with Gasteiger partial charge in [0.2, 0.25) is 0 Å². The Morgan fingerprint density at radius 2 is 2.33 bits per heavy atom. The van der Waals surface area contributed by atoms with Crippen molar-refractivity contribution in [3.8, 4) is 0 Å². The van der Waals surface area contributed by atoms with Gasteiger partial charge in [0.15, 0.2) is 5.65 Å². The Kier molecular flexibility index (Phi) is 3.86. The summed E-state index contributed by atoms with van der Waals surface area (Å²) in [5.74, 6) is 1.23. The second-order valence-corrected chi connectivity index (χ2v) is 5.26. The lowest BCUT2D eigenvalue weighted by Gasteiger charge is -2.13. The van der Waals surface area contributed by atoms with Crippen molar-refractivity contribution in [2.24, 2.45) is 5.92 Å². The maximum atomic E-state index is 11.2. The molecule has 0 radical (unpaired) electrons. The molecule has 2 heterocycles. The van der Waals surface area contributed by atoms with E-state index < -0.39 is 0 Å². The first kappa shape index (κ1) is 12.9. The number of halogens is 1. The summed E-state index contributed by atoms with van der Waals surface area (Å²) in [4.78, 5) is 15.4. The van der Waals surface area contributed by atoms with E-state index >= 15 is 0 Å². The molecule has 1 unspecified atom stereocenters. The second kappa shape index (κ2) is 5.39. The second-order valence-electron chi connectivity index (χ2n) is 4.64. The highest BCUT2D eigenvalue weighted by atomic mass is 35.5. The summed E-state index contributed by atoms with van der Waals surface area (Å²) >= 11 is 6.18. The monoisotopic (exact) mass is 269 g/mol. The fourth-order valence-electron chi connectivity index (χ4n) is 1.72. The number of aromatic amines is 1. The van der Waals surface area contributed by atoms with Gasteiger partial charge >= 0.3 is 5.69 Å². The highest BCUT2D eigenvalue weighted by Crippen LogP contribution is 2.12. The average Bonchev–Trinajstić information content (AvgIpc) is 2.67. The average molecular weight is 270 g/mol. The number of H-pyrrole nitrogens is 1. The van der Waals surface area contributed by atoms with Crippen LogP contribution in [0.4, 0.5) is 5.82 Å². The van der Waals surface area contributed by atoms with E-state index in [9.17, 15) is 4.79 Å². The molecule has 0 fully saturated rings. The lowest BCUT2D eigenvalue weighted by molar-refractivity contribution is 0.572. The zero-order chi connectivity index (χ0) is 13.1. The van der Waals surface area contributed by atoms with Gasteiger partial charge in [-0.05, 0) is 12.3 Å². The fourth-order valence-corrected chi connectivity index (χ4v) is 2.15. The first-order chi connectivity index (χ1) is 8.56. The lowest BCUT2D eigenvalue weighted by atomic mass is 10.1. The number of fused-ring (bicyclic) bond motifs is 1. The highest BCUT2D eigenvalue weighted by molar-refractivity contribution is 6.20. The normalized spacial score (nSPS) is 13.1. The van der Waals surface area contributed by atoms with Crippen LogP contribution in [0, 0.1) is 5.92 Å². The molecule has 0 saturated carbocycles. The van der Waals surface area contributed by atoms with Crippen molar-refractivity contribution < 1.29 is 0 Å². The van der Waals surface area contributed by atoms with E-state index in [0.29, 0.717) is 23.9 Å².